The van der Waals surface area contributed by atoms with Gasteiger partial charge in [0.25, 0.3) is 0 Å². The van der Waals surface area contributed by atoms with E-state index in [2.05, 4.69) is 30.2 Å². The molecule has 0 bridgehead atoms. The molecule has 0 aromatic heterocycles. The number of hydrogen-bond acceptors (Lipinski definition) is 4. The molecule has 0 aromatic rings. The van der Waals surface area contributed by atoms with E-state index < -0.39 is 0 Å². The molecule has 14 heavy (non-hydrogen) atoms. The molecule has 1 unspecified atom stereocenters. The fourth-order valence-corrected chi connectivity index (χ4v) is 1.13. The Balaban J connectivity index is 3.74. The van der Waals surface area contributed by atoms with Crippen molar-refractivity contribution >= 4 is 17.7 Å². The van der Waals surface area contributed by atoms with Crippen LogP contribution in [0.3, 0.4) is 0 Å². The third-order valence-electron chi connectivity index (χ3n) is 2.13. The highest BCUT2D eigenvalue weighted by Gasteiger charge is 2.17. The molecule has 0 heterocycles. The maximum absolute atomic E-state index is 10.9. The van der Waals surface area contributed by atoms with Gasteiger partial charge >= 0.3 is 5.97 Å². The molecule has 0 saturated heterocycles. The number of hydrogen-bond donors (Lipinski definition) is 1. The molecule has 3 nitrogen and oxygen atoms in total. The molecule has 0 amide bonds. The Kier molecular flexibility index (Phi) is 6.20. The monoisotopic (exact) mass is 219 g/mol. The van der Waals surface area contributed by atoms with Gasteiger partial charge in [-0.25, -0.2) is 0 Å². The van der Waals surface area contributed by atoms with Crippen LogP contribution in [0.15, 0.2) is 0 Å². The zero-order chi connectivity index (χ0) is 11.2. The standard InChI is InChI=1S/C10H21NO2S/c1-8(6-9(12)13-4)11-7-10(2,3)14-5/h8,11H,6-7H2,1-5H3. The second kappa shape index (κ2) is 6.30. The van der Waals surface area contributed by atoms with Gasteiger partial charge < -0.3 is 10.1 Å². The lowest BCUT2D eigenvalue weighted by Crippen LogP contribution is -2.38. The van der Waals surface area contributed by atoms with Crippen LogP contribution in [0.25, 0.3) is 0 Å². The predicted octanol–water partition coefficient (Wildman–Crippen LogP) is 1.67. The minimum absolute atomic E-state index is 0.160. The van der Waals surface area contributed by atoms with Gasteiger partial charge in [0.15, 0.2) is 0 Å². The zero-order valence-electron chi connectivity index (χ0n) is 9.72. The summed E-state index contributed by atoms with van der Waals surface area (Å²) in [6.07, 6.45) is 2.52. The fraction of sp³-hybridized carbons (Fsp3) is 0.900. The van der Waals surface area contributed by atoms with Gasteiger partial charge in [-0.3, -0.25) is 4.79 Å². The summed E-state index contributed by atoms with van der Waals surface area (Å²) < 4.78 is 4.81. The van der Waals surface area contributed by atoms with Crippen LogP contribution in [0, 0.1) is 0 Å². The Labute approximate surface area is 91.0 Å². The lowest BCUT2D eigenvalue weighted by Gasteiger charge is -2.24. The summed E-state index contributed by atoms with van der Waals surface area (Å²) in [6.45, 7) is 7.24. The summed E-state index contributed by atoms with van der Waals surface area (Å²) >= 11 is 1.82. The molecular weight excluding hydrogens is 198 g/mol. The SMILES string of the molecule is COC(=O)CC(C)NCC(C)(C)SC. The van der Waals surface area contributed by atoms with Crippen LogP contribution in [-0.2, 0) is 9.53 Å². The Morgan fingerprint density at radius 1 is 1.57 bits per heavy atom. The van der Waals surface area contributed by atoms with E-state index in [-0.39, 0.29) is 16.8 Å². The number of methoxy groups -OCH3 is 1. The quantitative estimate of drug-likeness (QED) is 0.690. The van der Waals surface area contributed by atoms with E-state index >= 15 is 0 Å². The largest absolute Gasteiger partial charge is 0.469 e. The van der Waals surface area contributed by atoms with Crippen LogP contribution in [0.2, 0.25) is 0 Å². The normalized spacial score (nSPS) is 13.8. The molecule has 0 aliphatic heterocycles. The fourth-order valence-electron chi connectivity index (χ4n) is 0.898. The van der Waals surface area contributed by atoms with Crippen LogP contribution >= 0.6 is 11.8 Å². The summed E-state index contributed by atoms with van der Waals surface area (Å²) in [7, 11) is 1.42. The van der Waals surface area contributed by atoms with Gasteiger partial charge in [-0.05, 0) is 27.0 Å². The van der Waals surface area contributed by atoms with Crippen molar-refractivity contribution < 1.29 is 9.53 Å². The number of carbonyl (C=O) groups is 1. The highest BCUT2D eigenvalue weighted by atomic mass is 32.2. The minimum Gasteiger partial charge on any atom is -0.469 e. The summed E-state index contributed by atoms with van der Waals surface area (Å²) in [5, 5.41) is 3.32. The van der Waals surface area contributed by atoms with E-state index in [0.29, 0.717) is 6.42 Å². The van der Waals surface area contributed by atoms with Crippen LogP contribution in [-0.4, -0.2) is 36.7 Å². The lowest BCUT2D eigenvalue weighted by molar-refractivity contribution is -0.141. The smallest absolute Gasteiger partial charge is 0.307 e. The second-order valence-electron chi connectivity index (χ2n) is 4.03. The molecule has 0 aliphatic carbocycles. The van der Waals surface area contributed by atoms with Crippen molar-refractivity contribution in [3.63, 3.8) is 0 Å². The Morgan fingerprint density at radius 2 is 2.14 bits per heavy atom. The molecule has 1 atom stereocenters. The van der Waals surface area contributed by atoms with Crippen molar-refractivity contribution in [3.8, 4) is 0 Å². The number of nitrogens with one attached hydrogen (secondary N) is 1. The first-order valence-electron chi connectivity index (χ1n) is 4.76. The van der Waals surface area contributed by atoms with Crippen molar-refractivity contribution in [2.75, 3.05) is 19.9 Å². The molecule has 0 rings (SSSR count). The molecule has 0 fully saturated rings. The molecule has 4 heteroatoms. The van der Waals surface area contributed by atoms with Gasteiger partial charge in [0, 0.05) is 17.3 Å². The maximum atomic E-state index is 10.9. The van der Waals surface area contributed by atoms with Gasteiger partial charge in [0.05, 0.1) is 13.5 Å². The van der Waals surface area contributed by atoms with E-state index in [1.54, 1.807) is 0 Å². The Hall–Kier alpha value is -0.220. The summed E-state index contributed by atoms with van der Waals surface area (Å²) in [5.41, 5.74) is 0. The van der Waals surface area contributed by atoms with E-state index in [0.717, 1.165) is 6.54 Å². The van der Waals surface area contributed by atoms with Gasteiger partial charge in [0.1, 0.15) is 0 Å². The van der Waals surface area contributed by atoms with Crippen molar-refractivity contribution in [2.45, 2.75) is 38.0 Å². The minimum atomic E-state index is -0.160. The topological polar surface area (TPSA) is 38.3 Å². The first kappa shape index (κ1) is 13.8. The molecule has 1 N–H and O–H groups in total. The van der Waals surface area contributed by atoms with Crippen LogP contribution in [0.5, 0.6) is 0 Å². The third-order valence-corrected chi connectivity index (χ3v) is 3.38. The van der Waals surface area contributed by atoms with Crippen LogP contribution < -0.4 is 5.32 Å². The Morgan fingerprint density at radius 3 is 2.57 bits per heavy atom. The third kappa shape index (κ3) is 6.27. The highest BCUT2D eigenvalue weighted by Crippen LogP contribution is 2.19. The first-order chi connectivity index (χ1) is 6.41. The van der Waals surface area contributed by atoms with Crippen molar-refractivity contribution in [1.82, 2.24) is 5.32 Å². The average Bonchev–Trinajstić information content (AvgIpc) is 2.15. The second-order valence-corrected chi connectivity index (χ2v) is 5.54. The summed E-state index contributed by atoms with van der Waals surface area (Å²) in [4.78, 5) is 10.9. The highest BCUT2D eigenvalue weighted by molar-refractivity contribution is 7.99. The average molecular weight is 219 g/mol. The van der Waals surface area contributed by atoms with E-state index in [4.69, 9.17) is 0 Å². The number of thioether (sulfide) groups is 1. The van der Waals surface area contributed by atoms with Crippen molar-refractivity contribution in [1.29, 1.82) is 0 Å². The van der Waals surface area contributed by atoms with E-state index in [1.165, 1.54) is 7.11 Å². The van der Waals surface area contributed by atoms with E-state index in [1.807, 2.05) is 18.7 Å². The van der Waals surface area contributed by atoms with Crippen LogP contribution in [0.1, 0.15) is 27.2 Å². The predicted molar refractivity (Wildman–Crippen MR) is 61.7 cm³/mol. The van der Waals surface area contributed by atoms with Crippen molar-refractivity contribution in [3.05, 3.63) is 0 Å². The molecule has 0 aliphatic rings. The molecule has 0 saturated carbocycles. The summed E-state index contributed by atoms with van der Waals surface area (Å²) in [5.74, 6) is -0.160. The van der Waals surface area contributed by atoms with Gasteiger partial charge in [-0.2, -0.15) is 11.8 Å². The van der Waals surface area contributed by atoms with E-state index in [9.17, 15) is 4.79 Å². The molecule has 0 radical (unpaired) electrons. The molecule has 84 valence electrons. The Bertz CT molecular complexity index is 183. The lowest BCUT2D eigenvalue weighted by atomic mass is 10.1. The first-order valence-corrected chi connectivity index (χ1v) is 5.99. The maximum Gasteiger partial charge on any atom is 0.307 e. The van der Waals surface area contributed by atoms with Crippen molar-refractivity contribution in [2.24, 2.45) is 0 Å². The van der Waals surface area contributed by atoms with Gasteiger partial charge in [0.2, 0.25) is 0 Å². The molecule has 0 aromatic carbocycles. The number of ether oxygens (including phenoxy) is 1. The summed E-state index contributed by atoms with van der Waals surface area (Å²) in [6, 6.07) is 0.175. The number of esters is 1. The van der Waals surface area contributed by atoms with Gasteiger partial charge in [-0.15, -0.1) is 0 Å². The molecular formula is C10H21NO2S. The zero-order valence-corrected chi connectivity index (χ0v) is 10.5. The van der Waals surface area contributed by atoms with Gasteiger partial charge in [-0.1, -0.05) is 0 Å². The number of rotatable bonds is 6. The van der Waals surface area contributed by atoms with Crippen LogP contribution in [0.4, 0.5) is 0 Å². The number of carbonyl (C=O) groups excluding carboxylic acids is 1. The molecule has 0 spiro atoms.